The van der Waals surface area contributed by atoms with Crippen LogP contribution in [-0.2, 0) is 0 Å². The molecule has 0 aliphatic carbocycles. The van der Waals surface area contributed by atoms with Gasteiger partial charge >= 0.3 is 0 Å². The molecule has 28 heavy (non-hydrogen) atoms. The van der Waals surface area contributed by atoms with Gasteiger partial charge in [-0.15, -0.1) is 0 Å². The Morgan fingerprint density at radius 2 is 0.893 bits per heavy atom. The van der Waals surface area contributed by atoms with Gasteiger partial charge in [0.1, 0.15) is 0 Å². The Balaban J connectivity index is 1.41. The molecule has 2 heterocycles. The van der Waals surface area contributed by atoms with E-state index in [2.05, 4.69) is 120 Å². The predicted octanol–water partition coefficient (Wildman–Crippen LogP) is 6.65. The summed E-state index contributed by atoms with van der Waals surface area (Å²) in [6.45, 7) is 0. The van der Waals surface area contributed by atoms with Crippen LogP contribution in [0.5, 0.6) is 0 Å². The van der Waals surface area contributed by atoms with Gasteiger partial charge in [0.15, 0.2) is 0 Å². The van der Waals surface area contributed by atoms with Crippen molar-refractivity contribution in [3.63, 3.8) is 0 Å². The van der Waals surface area contributed by atoms with Gasteiger partial charge in [0.25, 0.3) is 0 Å². The van der Waals surface area contributed by atoms with Crippen molar-refractivity contribution in [1.82, 2.24) is 0 Å². The van der Waals surface area contributed by atoms with Crippen LogP contribution in [0, 0.1) is 0 Å². The summed E-state index contributed by atoms with van der Waals surface area (Å²) in [5.41, 5.74) is 9.17. The van der Waals surface area contributed by atoms with Crippen LogP contribution in [0.4, 0.5) is 11.4 Å². The third kappa shape index (κ3) is 3.17. The molecule has 0 unspecified atom stereocenters. The van der Waals surface area contributed by atoms with E-state index in [4.69, 9.17) is 0 Å². The Bertz CT molecular complexity index is 1050. The van der Waals surface area contributed by atoms with E-state index in [1.807, 2.05) is 0 Å². The molecule has 0 amide bonds. The lowest BCUT2D eigenvalue weighted by Gasteiger charge is -2.14. The van der Waals surface area contributed by atoms with Gasteiger partial charge in [-0.2, -0.15) is 0 Å². The number of hydrogen-bond acceptors (Lipinski definition) is 2. The van der Waals surface area contributed by atoms with Crippen molar-refractivity contribution >= 4 is 34.9 Å². The first-order valence-electron chi connectivity index (χ1n) is 9.46. The van der Waals surface area contributed by atoms with Gasteiger partial charge in [-0.1, -0.05) is 85.0 Å². The minimum Gasteiger partial charge on any atom is -0.355 e. The van der Waals surface area contributed by atoms with Gasteiger partial charge in [0.05, 0.1) is 0 Å². The summed E-state index contributed by atoms with van der Waals surface area (Å²) in [5, 5.41) is 7.11. The summed E-state index contributed by atoms with van der Waals surface area (Å²) < 4.78 is 0. The topological polar surface area (TPSA) is 24.1 Å². The van der Waals surface area contributed by atoms with Crippen LogP contribution in [-0.4, -0.2) is 0 Å². The Morgan fingerprint density at radius 1 is 0.464 bits per heavy atom. The molecule has 0 saturated heterocycles. The predicted molar refractivity (Wildman–Crippen MR) is 121 cm³/mol. The highest BCUT2D eigenvalue weighted by Crippen LogP contribution is 2.29. The maximum absolute atomic E-state index is 3.55. The van der Waals surface area contributed by atoms with Gasteiger partial charge in [0.2, 0.25) is 0 Å². The molecule has 0 atom stereocenters. The standard InChI is InChI=1S/C26H20N2/c1-3-11-23-19(7-1)9-5-13-25(27-23)21-15-17-22(18-16-21)26-14-6-10-20-8-2-4-12-24(20)28-26/h1-18,27-28H. The number of anilines is 2. The number of benzene rings is 3. The van der Waals surface area contributed by atoms with Gasteiger partial charge < -0.3 is 10.6 Å². The molecule has 2 N–H and O–H groups in total. The van der Waals surface area contributed by atoms with E-state index in [0.29, 0.717) is 0 Å². The second kappa shape index (κ2) is 7.09. The third-order valence-corrected chi connectivity index (χ3v) is 5.04. The summed E-state index contributed by atoms with van der Waals surface area (Å²) in [6.07, 6.45) is 12.7. The molecular formula is C26H20N2. The quantitative estimate of drug-likeness (QED) is 0.535. The largest absolute Gasteiger partial charge is 0.355 e. The Hall–Kier alpha value is -3.78. The van der Waals surface area contributed by atoms with Crippen LogP contribution in [0.3, 0.4) is 0 Å². The van der Waals surface area contributed by atoms with E-state index in [1.54, 1.807) is 0 Å². The second-order valence-corrected chi connectivity index (χ2v) is 6.88. The first-order chi connectivity index (χ1) is 13.9. The van der Waals surface area contributed by atoms with Gasteiger partial charge in [0, 0.05) is 22.8 Å². The molecule has 0 fully saturated rings. The summed E-state index contributed by atoms with van der Waals surface area (Å²) in [4.78, 5) is 0. The van der Waals surface area contributed by atoms with Crippen LogP contribution in [0.1, 0.15) is 22.3 Å². The number of rotatable bonds is 2. The monoisotopic (exact) mass is 360 g/mol. The van der Waals surface area contributed by atoms with Crippen LogP contribution in [0.2, 0.25) is 0 Å². The fourth-order valence-corrected chi connectivity index (χ4v) is 3.55. The zero-order valence-corrected chi connectivity index (χ0v) is 15.4. The first kappa shape index (κ1) is 16.4. The molecule has 5 rings (SSSR count). The van der Waals surface area contributed by atoms with E-state index >= 15 is 0 Å². The van der Waals surface area contributed by atoms with Crippen molar-refractivity contribution in [3.05, 3.63) is 119 Å². The minimum atomic E-state index is 1.10. The summed E-state index contributed by atoms with van der Waals surface area (Å²) in [6, 6.07) is 25.4. The fourth-order valence-electron chi connectivity index (χ4n) is 3.55. The lowest BCUT2D eigenvalue weighted by Crippen LogP contribution is -2.01. The number of hydrogen-bond donors (Lipinski definition) is 2. The van der Waals surface area contributed by atoms with Crippen LogP contribution in [0.25, 0.3) is 23.5 Å². The maximum Gasteiger partial charge on any atom is 0.0457 e. The van der Waals surface area contributed by atoms with Gasteiger partial charge in [-0.3, -0.25) is 0 Å². The van der Waals surface area contributed by atoms with Crippen molar-refractivity contribution < 1.29 is 0 Å². The molecule has 0 aromatic heterocycles. The van der Waals surface area contributed by atoms with Crippen molar-refractivity contribution in [2.75, 3.05) is 10.6 Å². The molecule has 0 bridgehead atoms. The first-order valence-corrected chi connectivity index (χ1v) is 9.46. The average molecular weight is 360 g/mol. The Labute approximate surface area is 165 Å². The van der Waals surface area contributed by atoms with E-state index in [1.165, 1.54) is 11.1 Å². The molecular weight excluding hydrogens is 340 g/mol. The van der Waals surface area contributed by atoms with Gasteiger partial charge in [-0.25, -0.2) is 0 Å². The minimum absolute atomic E-state index is 1.10. The molecule has 0 spiro atoms. The zero-order chi connectivity index (χ0) is 18.8. The van der Waals surface area contributed by atoms with Gasteiger partial charge in [-0.05, 0) is 46.5 Å². The van der Waals surface area contributed by atoms with Crippen LogP contribution < -0.4 is 10.6 Å². The number of para-hydroxylation sites is 2. The Kier molecular flexibility index (Phi) is 4.15. The van der Waals surface area contributed by atoms with Crippen molar-refractivity contribution in [1.29, 1.82) is 0 Å². The molecule has 0 radical (unpaired) electrons. The molecule has 3 aromatic rings. The van der Waals surface area contributed by atoms with E-state index in [-0.39, 0.29) is 0 Å². The van der Waals surface area contributed by atoms with Crippen molar-refractivity contribution in [3.8, 4) is 0 Å². The lowest BCUT2D eigenvalue weighted by molar-refractivity contribution is 1.49. The zero-order valence-electron chi connectivity index (χ0n) is 15.4. The molecule has 2 aliphatic rings. The Morgan fingerprint density at radius 3 is 1.36 bits per heavy atom. The normalized spacial score (nSPS) is 14.4. The molecule has 3 aromatic carbocycles. The number of fused-ring (bicyclic) bond motifs is 2. The smallest absolute Gasteiger partial charge is 0.0457 e. The fraction of sp³-hybridized carbons (Fsp3) is 0. The maximum atomic E-state index is 3.55. The average Bonchev–Trinajstić information content (AvgIpc) is 3.10. The highest BCUT2D eigenvalue weighted by Gasteiger charge is 2.10. The van der Waals surface area contributed by atoms with E-state index in [9.17, 15) is 0 Å². The van der Waals surface area contributed by atoms with E-state index in [0.717, 1.165) is 33.9 Å². The highest BCUT2D eigenvalue weighted by atomic mass is 14.9. The molecule has 0 saturated carbocycles. The van der Waals surface area contributed by atoms with E-state index < -0.39 is 0 Å². The summed E-state index contributed by atoms with van der Waals surface area (Å²) >= 11 is 0. The second-order valence-electron chi connectivity index (χ2n) is 6.88. The third-order valence-electron chi connectivity index (χ3n) is 5.04. The highest BCUT2D eigenvalue weighted by molar-refractivity contribution is 5.87. The van der Waals surface area contributed by atoms with Crippen LogP contribution >= 0.6 is 0 Å². The molecule has 2 aliphatic heterocycles. The molecule has 134 valence electrons. The van der Waals surface area contributed by atoms with Crippen molar-refractivity contribution in [2.24, 2.45) is 0 Å². The molecule has 2 nitrogen and oxygen atoms in total. The number of allylic oxidation sites excluding steroid dienone is 4. The lowest BCUT2D eigenvalue weighted by atomic mass is 10.1. The SMILES string of the molecule is C1=Cc2ccccc2NC(c2ccc(C3=CC=Cc4ccccc4N3)cc2)=C1. The molecule has 2 heteroatoms. The van der Waals surface area contributed by atoms with Crippen molar-refractivity contribution in [2.45, 2.75) is 0 Å². The number of nitrogens with one attached hydrogen (secondary N) is 2. The summed E-state index contributed by atoms with van der Waals surface area (Å²) in [5.74, 6) is 0. The summed E-state index contributed by atoms with van der Waals surface area (Å²) in [7, 11) is 0. The van der Waals surface area contributed by atoms with Crippen LogP contribution in [0.15, 0.2) is 97.1 Å².